The van der Waals surface area contributed by atoms with E-state index in [-0.39, 0.29) is 24.5 Å². The number of para-hydroxylation sites is 1. The summed E-state index contributed by atoms with van der Waals surface area (Å²) in [7, 11) is 0. The van der Waals surface area contributed by atoms with Crippen molar-refractivity contribution in [3.8, 4) is 5.75 Å². The minimum Gasteiger partial charge on any atom is -0.483 e. The van der Waals surface area contributed by atoms with Gasteiger partial charge in [-0.2, -0.15) is 0 Å². The first-order chi connectivity index (χ1) is 12.4. The fraction of sp³-hybridized carbons (Fsp3) is 0.333. The molecular weight excluding hydrogens is 328 g/mol. The molecule has 0 saturated heterocycles. The minimum absolute atomic E-state index is 0.0252. The van der Waals surface area contributed by atoms with Gasteiger partial charge in [-0.3, -0.25) is 9.59 Å². The van der Waals surface area contributed by atoms with Crippen LogP contribution in [0, 0.1) is 13.8 Å². The molecule has 0 aromatic heterocycles. The Balaban J connectivity index is 1.89. The van der Waals surface area contributed by atoms with Crippen LogP contribution >= 0.6 is 0 Å². The molecule has 0 heterocycles. The van der Waals surface area contributed by atoms with Crippen LogP contribution in [-0.2, 0) is 9.59 Å². The average molecular weight is 354 g/mol. The molecule has 2 amide bonds. The van der Waals surface area contributed by atoms with Gasteiger partial charge in [0.1, 0.15) is 5.75 Å². The summed E-state index contributed by atoms with van der Waals surface area (Å²) in [5.41, 5.74) is 3.73. The zero-order valence-electron chi connectivity index (χ0n) is 15.8. The van der Waals surface area contributed by atoms with Crippen LogP contribution in [-0.4, -0.2) is 18.4 Å². The molecule has 0 fully saturated rings. The van der Waals surface area contributed by atoms with Crippen molar-refractivity contribution in [2.75, 3.05) is 11.9 Å². The fourth-order valence-corrected chi connectivity index (χ4v) is 2.64. The maximum Gasteiger partial charge on any atom is 0.258 e. The van der Waals surface area contributed by atoms with E-state index in [0.29, 0.717) is 6.42 Å². The Kier molecular flexibility index (Phi) is 6.78. The van der Waals surface area contributed by atoms with Crippen LogP contribution in [0.5, 0.6) is 5.75 Å². The Morgan fingerprint density at radius 1 is 1.00 bits per heavy atom. The van der Waals surface area contributed by atoms with Crippen molar-refractivity contribution in [3.63, 3.8) is 0 Å². The van der Waals surface area contributed by atoms with Crippen molar-refractivity contribution in [3.05, 3.63) is 59.2 Å². The van der Waals surface area contributed by atoms with Gasteiger partial charge < -0.3 is 15.4 Å². The van der Waals surface area contributed by atoms with Gasteiger partial charge in [-0.25, -0.2) is 0 Å². The molecular formula is C21H26N2O3. The quantitative estimate of drug-likeness (QED) is 0.792. The van der Waals surface area contributed by atoms with Gasteiger partial charge in [0.2, 0.25) is 5.91 Å². The average Bonchev–Trinajstić information content (AvgIpc) is 2.61. The zero-order valence-corrected chi connectivity index (χ0v) is 15.8. The molecule has 2 aromatic rings. The topological polar surface area (TPSA) is 67.4 Å². The summed E-state index contributed by atoms with van der Waals surface area (Å²) in [5, 5.41) is 5.73. The molecule has 1 atom stereocenters. The number of hydrogen-bond donors (Lipinski definition) is 2. The van der Waals surface area contributed by atoms with Crippen molar-refractivity contribution in [1.29, 1.82) is 0 Å². The predicted molar refractivity (Wildman–Crippen MR) is 103 cm³/mol. The lowest BCUT2D eigenvalue weighted by Gasteiger charge is -2.16. The Labute approximate surface area is 154 Å². The molecule has 5 nitrogen and oxygen atoms in total. The summed E-state index contributed by atoms with van der Waals surface area (Å²) in [6.07, 6.45) is 0.439. The largest absolute Gasteiger partial charge is 0.483 e. The third-order valence-electron chi connectivity index (χ3n) is 4.15. The third kappa shape index (κ3) is 5.34. The zero-order chi connectivity index (χ0) is 19.1. The van der Waals surface area contributed by atoms with Gasteiger partial charge in [-0.05, 0) is 49.6 Å². The summed E-state index contributed by atoms with van der Waals surface area (Å²) < 4.78 is 5.68. The number of anilines is 1. The number of hydrogen-bond acceptors (Lipinski definition) is 3. The first-order valence-corrected chi connectivity index (χ1v) is 8.79. The molecule has 26 heavy (non-hydrogen) atoms. The van der Waals surface area contributed by atoms with Crippen molar-refractivity contribution in [1.82, 2.24) is 5.32 Å². The van der Waals surface area contributed by atoms with E-state index in [1.807, 2.05) is 70.2 Å². The number of amides is 2. The van der Waals surface area contributed by atoms with E-state index in [4.69, 9.17) is 4.74 Å². The van der Waals surface area contributed by atoms with Crippen LogP contribution in [0.2, 0.25) is 0 Å². The van der Waals surface area contributed by atoms with Crippen molar-refractivity contribution < 1.29 is 14.3 Å². The molecule has 1 unspecified atom stereocenters. The number of nitrogens with one attached hydrogen (secondary N) is 2. The highest BCUT2D eigenvalue weighted by Crippen LogP contribution is 2.22. The fourth-order valence-electron chi connectivity index (χ4n) is 2.64. The van der Waals surface area contributed by atoms with Gasteiger partial charge in [0.15, 0.2) is 6.61 Å². The summed E-state index contributed by atoms with van der Waals surface area (Å²) in [6.45, 7) is 7.61. The highest BCUT2D eigenvalue weighted by molar-refractivity contribution is 5.90. The Bertz CT molecular complexity index is 749. The minimum atomic E-state index is -0.177. The standard InChI is InChI=1S/C21H26N2O3/c1-5-19(24)23-18-11-9-17(10-12-18)16(4)22-20(25)13-26-21-14(2)7-6-8-15(21)3/h6-12,16H,5,13H2,1-4H3,(H,22,25)(H,23,24). The lowest BCUT2D eigenvalue weighted by molar-refractivity contribution is -0.123. The van der Waals surface area contributed by atoms with Crippen LogP contribution in [0.15, 0.2) is 42.5 Å². The second kappa shape index (κ2) is 9.04. The van der Waals surface area contributed by atoms with Gasteiger partial charge in [0.05, 0.1) is 6.04 Å². The normalized spacial score (nSPS) is 11.5. The summed E-state index contributed by atoms with van der Waals surface area (Å²) >= 11 is 0. The van der Waals surface area contributed by atoms with Crippen molar-refractivity contribution >= 4 is 17.5 Å². The molecule has 2 aromatic carbocycles. The van der Waals surface area contributed by atoms with Crippen LogP contribution < -0.4 is 15.4 Å². The molecule has 0 aliphatic heterocycles. The van der Waals surface area contributed by atoms with E-state index in [9.17, 15) is 9.59 Å². The molecule has 0 saturated carbocycles. The Hall–Kier alpha value is -2.82. The van der Waals surface area contributed by atoms with E-state index in [0.717, 1.165) is 28.1 Å². The van der Waals surface area contributed by atoms with E-state index in [2.05, 4.69) is 10.6 Å². The molecule has 5 heteroatoms. The number of rotatable bonds is 7. The first kappa shape index (κ1) is 19.5. The Morgan fingerprint density at radius 3 is 2.19 bits per heavy atom. The predicted octanol–water partition coefficient (Wildman–Crippen LogP) is 3.91. The van der Waals surface area contributed by atoms with Crippen LogP contribution in [0.3, 0.4) is 0 Å². The molecule has 138 valence electrons. The Morgan fingerprint density at radius 2 is 1.62 bits per heavy atom. The van der Waals surface area contributed by atoms with Crippen LogP contribution in [0.4, 0.5) is 5.69 Å². The monoisotopic (exact) mass is 354 g/mol. The second-order valence-electron chi connectivity index (χ2n) is 6.32. The maximum atomic E-state index is 12.2. The van der Waals surface area contributed by atoms with E-state index >= 15 is 0 Å². The maximum absolute atomic E-state index is 12.2. The van der Waals surface area contributed by atoms with Crippen LogP contribution in [0.25, 0.3) is 0 Å². The molecule has 2 N–H and O–H groups in total. The number of carbonyl (C=O) groups is 2. The van der Waals surface area contributed by atoms with Crippen molar-refractivity contribution in [2.24, 2.45) is 0 Å². The number of aryl methyl sites for hydroxylation is 2. The van der Waals surface area contributed by atoms with E-state index < -0.39 is 0 Å². The van der Waals surface area contributed by atoms with Gasteiger partial charge >= 0.3 is 0 Å². The van der Waals surface area contributed by atoms with Gasteiger partial charge in [-0.15, -0.1) is 0 Å². The molecule has 0 radical (unpaired) electrons. The molecule has 2 rings (SSSR count). The van der Waals surface area contributed by atoms with Gasteiger partial charge in [0, 0.05) is 12.1 Å². The summed E-state index contributed by atoms with van der Waals surface area (Å²) in [4.78, 5) is 23.6. The van der Waals surface area contributed by atoms with E-state index in [1.54, 1.807) is 0 Å². The van der Waals surface area contributed by atoms with E-state index in [1.165, 1.54) is 0 Å². The van der Waals surface area contributed by atoms with Gasteiger partial charge in [0.25, 0.3) is 5.91 Å². The molecule has 0 spiro atoms. The lowest BCUT2D eigenvalue weighted by Crippen LogP contribution is -2.31. The summed E-state index contributed by atoms with van der Waals surface area (Å²) in [6, 6.07) is 13.2. The highest BCUT2D eigenvalue weighted by Gasteiger charge is 2.12. The smallest absolute Gasteiger partial charge is 0.258 e. The van der Waals surface area contributed by atoms with Crippen LogP contribution in [0.1, 0.15) is 43.0 Å². The third-order valence-corrected chi connectivity index (χ3v) is 4.15. The van der Waals surface area contributed by atoms with Crippen molar-refractivity contribution in [2.45, 2.75) is 40.2 Å². The van der Waals surface area contributed by atoms with Gasteiger partial charge in [-0.1, -0.05) is 37.3 Å². The highest BCUT2D eigenvalue weighted by atomic mass is 16.5. The number of benzene rings is 2. The lowest BCUT2D eigenvalue weighted by atomic mass is 10.1. The number of ether oxygens (including phenoxy) is 1. The molecule has 0 bridgehead atoms. The SMILES string of the molecule is CCC(=O)Nc1ccc(C(C)NC(=O)COc2c(C)cccc2C)cc1. The number of carbonyl (C=O) groups excluding carboxylic acids is 2. The first-order valence-electron chi connectivity index (χ1n) is 8.79. The summed E-state index contributed by atoms with van der Waals surface area (Å²) in [5.74, 6) is 0.553. The second-order valence-corrected chi connectivity index (χ2v) is 6.32. The molecule has 0 aliphatic carbocycles. The molecule has 0 aliphatic rings.